The van der Waals surface area contributed by atoms with Crippen molar-refractivity contribution in [2.24, 2.45) is 0 Å². The summed E-state index contributed by atoms with van der Waals surface area (Å²) in [7, 11) is 0. The number of carbonyl (C=O) groups excluding carboxylic acids is 1. The molecule has 1 aromatic heterocycles. The smallest absolute Gasteiger partial charge is 0.335 e. The highest BCUT2D eigenvalue weighted by Gasteiger charge is 2.07. The van der Waals surface area contributed by atoms with Crippen molar-refractivity contribution in [3.05, 3.63) is 65.4 Å². The van der Waals surface area contributed by atoms with Gasteiger partial charge in [0.1, 0.15) is 5.82 Å². The van der Waals surface area contributed by atoms with Crippen molar-refractivity contribution in [1.29, 1.82) is 0 Å². The molecule has 0 saturated heterocycles. The third-order valence-electron chi connectivity index (χ3n) is 4.32. The summed E-state index contributed by atoms with van der Waals surface area (Å²) in [5, 5.41) is 19.7. The SMILES string of the molecule is CCNC(=O)Nc1cc2cc(NCc3ccc(C(=O)O)cc3)cc(C)c2cn1. The Bertz CT molecular complexity index is 1020. The van der Waals surface area contributed by atoms with Crippen molar-refractivity contribution < 1.29 is 14.7 Å². The van der Waals surface area contributed by atoms with Crippen molar-refractivity contribution in [1.82, 2.24) is 10.3 Å². The van der Waals surface area contributed by atoms with Gasteiger partial charge in [0.25, 0.3) is 0 Å². The fraction of sp³-hybridized carbons (Fsp3) is 0.190. The molecule has 7 nitrogen and oxygen atoms in total. The number of aromatic carboxylic acids is 1. The molecule has 0 aliphatic carbocycles. The lowest BCUT2D eigenvalue weighted by atomic mass is 10.1. The predicted octanol–water partition coefficient (Wildman–Crippen LogP) is 3.99. The number of rotatable bonds is 6. The Hall–Kier alpha value is -3.61. The summed E-state index contributed by atoms with van der Waals surface area (Å²) in [5.74, 6) is -0.449. The number of pyridine rings is 1. The van der Waals surface area contributed by atoms with E-state index in [1.807, 2.05) is 32.0 Å². The minimum absolute atomic E-state index is 0.268. The number of benzene rings is 2. The molecule has 0 unspecified atom stereocenters. The van der Waals surface area contributed by atoms with E-state index in [-0.39, 0.29) is 11.6 Å². The Morgan fingerprint density at radius 2 is 1.86 bits per heavy atom. The number of nitrogens with zero attached hydrogens (tertiary/aromatic N) is 1. The first-order valence-electron chi connectivity index (χ1n) is 8.97. The monoisotopic (exact) mass is 378 g/mol. The zero-order valence-electron chi connectivity index (χ0n) is 15.7. The van der Waals surface area contributed by atoms with Gasteiger partial charge in [0.15, 0.2) is 0 Å². The van der Waals surface area contributed by atoms with Crippen molar-refractivity contribution in [3.8, 4) is 0 Å². The van der Waals surface area contributed by atoms with E-state index in [0.717, 1.165) is 27.6 Å². The van der Waals surface area contributed by atoms with Gasteiger partial charge in [-0.25, -0.2) is 14.6 Å². The summed E-state index contributed by atoms with van der Waals surface area (Å²) in [6, 6.07) is 12.4. The Labute approximate surface area is 162 Å². The van der Waals surface area contributed by atoms with Gasteiger partial charge in [-0.3, -0.25) is 5.32 Å². The molecule has 0 saturated carbocycles. The summed E-state index contributed by atoms with van der Waals surface area (Å²) >= 11 is 0. The van der Waals surface area contributed by atoms with Gasteiger partial charge in [0.2, 0.25) is 0 Å². The molecule has 2 amide bonds. The molecule has 3 rings (SSSR count). The van der Waals surface area contributed by atoms with Gasteiger partial charge >= 0.3 is 12.0 Å². The van der Waals surface area contributed by atoms with Crippen molar-refractivity contribution in [3.63, 3.8) is 0 Å². The van der Waals surface area contributed by atoms with Crippen LogP contribution >= 0.6 is 0 Å². The van der Waals surface area contributed by atoms with Crippen LogP contribution in [-0.4, -0.2) is 28.6 Å². The molecule has 0 bridgehead atoms. The highest BCUT2D eigenvalue weighted by atomic mass is 16.4. The van der Waals surface area contributed by atoms with Gasteiger partial charge in [-0.2, -0.15) is 0 Å². The molecule has 4 N–H and O–H groups in total. The number of carboxylic acids is 1. The Morgan fingerprint density at radius 1 is 1.11 bits per heavy atom. The lowest BCUT2D eigenvalue weighted by molar-refractivity contribution is 0.0697. The number of carboxylic acid groups (broad SMARTS) is 1. The zero-order valence-corrected chi connectivity index (χ0v) is 15.7. The second kappa shape index (κ2) is 8.39. The molecule has 1 heterocycles. The maximum Gasteiger partial charge on any atom is 0.335 e. The van der Waals surface area contributed by atoms with Gasteiger partial charge in [-0.1, -0.05) is 12.1 Å². The van der Waals surface area contributed by atoms with Crippen LogP contribution in [-0.2, 0) is 6.54 Å². The van der Waals surface area contributed by atoms with Crippen molar-refractivity contribution >= 4 is 34.3 Å². The van der Waals surface area contributed by atoms with Crippen LogP contribution in [0.25, 0.3) is 10.8 Å². The zero-order chi connectivity index (χ0) is 20.1. The van der Waals surface area contributed by atoms with E-state index >= 15 is 0 Å². The third kappa shape index (κ3) is 4.56. The normalized spacial score (nSPS) is 10.5. The Kier molecular flexibility index (Phi) is 5.74. The second-order valence-electron chi connectivity index (χ2n) is 6.42. The van der Waals surface area contributed by atoms with E-state index < -0.39 is 5.97 Å². The van der Waals surface area contributed by atoms with Crippen LogP contribution in [0.4, 0.5) is 16.3 Å². The number of anilines is 2. The molecule has 0 fully saturated rings. The number of amides is 2. The third-order valence-corrected chi connectivity index (χ3v) is 4.32. The average molecular weight is 378 g/mol. The number of aromatic nitrogens is 1. The number of aryl methyl sites for hydroxylation is 1. The molecule has 3 aromatic rings. The van der Waals surface area contributed by atoms with Gasteiger partial charge in [0.05, 0.1) is 5.56 Å². The molecular formula is C21H22N4O3. The van der Waals surface area contributed by atoms with Crippen LogP contribution in [0.3, 0.4) is 0 Å². The summed E-state index contributed by atoms with van der Waals surface area (Å²) in [4.78, 5) is 26.9. The second-order valence-corrected chi connectivity index (χ2v) is 6.42. The Balaban J connectivity index is 1.77. The maximum absolute atomic E-state index is 11.7. The summed E-state index contributed by atoms with van der Waals surface area (Å²) in [6.45, 7) is 4.97. The minimum Gasteiger partial charge on any atom is -0.478 e. The highest BCUT2D eigenvalue weighted by molar-refractivity contribution is 5.94. The molecule has 0 spiro atoms. The molecule has 0 radical (unpaired) electrons. The largest absolute Gasteiger partial charge is 0.478 e. The lowest BCUT2D eigenvalue weighted by Crippen LogP contribution is -2.28. The minimum atomic E-state index is -0.935. The molecule has 144 valence electrons. The standard InChI is InChI=1S/C21H22N4O3/c1-3-22-21(28)25-19-10-16-9-17(8-13(2)18(16)12-24-19)23-11-14-4-6-15(7-5-14)20(26)27/h4-10,12,23H,3,11H2,1-2H3,(H,26,27)(H2,22,24,25,28). The fourth-order valence-electron chi connectivity index (χ4n) is 2.90. The number of hydrogen-bond donors (Lipinski definition) is 4. The quantitative estimate of drug-likeness (QED) is 0.519. The van der Waals surface area contributed by atoms with Crippen LogP contribution in [0.5, 0.6) is 0 Å². The molecule has 2 aromatic carbocycles. The van der Waals surface area contributed by atoms with Crippen molar-refractivity contribution in [2.45, 2.75) is 20.4 Å². The van der Waals surface area contributed by atoms with Crippen molar-refractivity contribution in [2.75, 3.05) is 17.2 Å². The van der Waals surface area contributed by atoms with Crippen LogP contribution in [0.1, 0.15) is 28.4 Å². The molecular weight excluding hydrogens is 356 g/mol. The molecule has 28 heavy (non-hydrogen) atoms. The van der Waals surface area contributed by atoms with E-state index in [0.29, 0.717) is 18.9 Å². The fourth-order valence-corrected chi connectivity index (χ4v) is 2.90. The first-order valence-corrected chi connectivity index (χ1v) is 8.97. The molecule has 0 aliphatic heterocycles. The first-order chi connectivity index (χ1) is 13.5. The van der Waals surface area contributed by atoms with E-state index in [2.05, 4.69) is 20.9 Å². The molecule has 7 heteroatoms. The van der Waals surface area contributed by atoms with Crippen LogP contribution in [0.15, 0.2) is 48.7 Å². The van der Waals surface area contributed by atoms with E-state index in [1.165, 1.54) is 0 Å². The van der Waals surface area contributed by atoms with Gasteiger partial charge in [-0.05, 0) is 60.7 Å². The maximum atomic E-state index is 11.7. The van der Waals surface area contributed by atoms with Gasteiger partial charge in [0, 0.05) is 30.4 Å². The number of carbonyl (C=O) groups is 2. The number of nitrogens with one attached hydrogen (secondary N) is 3. The lowest BCUT2D eigenvalue weighted by Gasteiger charge is -2.12. The predicted molar refractivity (Wildman–Crippen MR) is 110 cm³/mol. The average Bonchev–Trinajstić information content (AvgIpc) is 2.66. The van der Waals surface area contributed by atoms with Crippen LogP contribution < -0.4 is 16.0 Å². The van der Waals surface area contributed by atoms with E-state index in [1.54, 1.807) is 30.5 Å². The number of urea groups is 1. The molecule has 0 atom stereocenters. The summed E-state index contributed by atoms with van der Waals surface area (Å²) < 4.78 is 0. The summed E-state index contributed by atoms with van der Waals surface area (Å²) in [6.07, 6.45) is 1.75. The topological polar surface area (TPSA) is 103 Å². The highest BCUT2D eigenvalue weighted by Crippen LogP contribution is 2.25. The van der Waals surface area contributed by atoms with Crippen LogP contribution in [0.2, 0.25) is 0 Å². The number of hydrogen-bond acceptors (Lipinski definition) is 4. The summed E-state index contributed by atoms with van der Waals surface area (Å²) in [5.41, 5.74) is 3.25. The number of fused-ring (bicyclic) bond motifs is 1. The van der Waals surface area contributed by atoms with Crippen LogP contribution in [0, 0.1) is 6.92 Å². The van der Waals surface area contributed by atoms with Gasteiger partial charge in [-0.15, -0.1) is 0 Å². The Morgan fingerprint density at radius 3 is 2.54 bits per heavy atom. The van der Waals surface area contributed by atoms with E-state index in [4.69, 9.17) is 5.11 Å². The van der Waals surface area contributed by atoms with Gasteiger partial charge < -0.3 is 15.7 Å². The van der Waals surface area contributed by atoms with E-state index in [9.17, 15) is 9.59 Å². The molecule has 0 aliphatic rings. The first kappa shape index (κ1) is 19.2.